The van der Waals surface area contributed by atoms with Gasteiger partial charge in [0.15, 0.2) is 0 Å². The van der Waals surface area contributed by atoms with E-state index in [9.17, 15) is 18.0 Å². The van der Waals surface area contributed by atoms with Crippen LogP contribution in [-0.2, 0) is 40.9 Å². The molecule has 0 atom stereocenters. The summed E-state index contributed by atoms with van der Waals surface area (Å²) in [6, 6.07) is 9.18. The molecule has 1 aliphatic heterocycles. The van der Waals surface area contributed by atoms with Crippen LogP contribution >= 0.6 is 0 Å². The number of sulfonamides is 1. The molecule has 0 fully saturated rings. The van der Waals surface area contributed by atoms with Crippen molar-refractivity contribution in [2.75, 3.05) is 12.3 Å². The number of nitrogens with one attached hydrogen (secondary N) is 2. The van der Waals surface area contributed by atoms with Gasteiger partial charge in [-0.15, -0.1) is 0 Å². The van der Waals surface area contributed by atoms with Crippen LogP contribution in [0.1, 0.15) is 30.7 Å². The molecule has 1 aromatic heterocycles. The van der Waals surface area contributed by atoms with Crippen molar-refractivity contribution in [1.82, 2.24) is 24.4 Å². The maximum atomic E-state index is 12.3. The first kappa shape index (κ1) is 20.3. The molecule has 9 nitrogen and oxygen atoms in total. The van der Waals surface area contributed by atoms with Gasteiger partial charge in [0.1, 0.15) is 12.4 Å². The topological polar surface area (TPSA) is 115 Å². The fraction of sp³-hybridized carbons (Fsp3) is 0.500. The fourth-order valence-electron chi connectivity index (χ4n) is 3.11. The number of carbonyl (C=O) groups is 1. The van der Waals surface area contributed by atoms with Crippen LogP contribution in [0, 0.1) is 0 Å². The molecule has 1 amide bonds. The maximum Gasteiger partial charge on any atom is 0.346 e. The van der Waals surface area contributed by atoms with Crippen molar-refractivity contribution < 1.29 is 13.2 Å². The Labute approximate surface area is 163 Å². The van der Waals surface area contributed by atoms with Crippen LogP contribution in [0.2, 0.25) is 0 Å². The molecule has 0 unspecified atom stereocenters. The number of benzene rings is 1. The Morgan fingerprint density at radius 2 is 1.93 bits per heavy atom. The first-order chi connectivity index (χ1) is 13.4. The van der Waals surface area contributed by atoms with Gasteiger partial charge in [-0.05, 0) is 18.4 Å². The lowest BCUT2D eigenvalue weighted by Gasteiger charge is -2.08. The van der Waals surface area contributed by atoms with Crippen molar-refractivity contribution in [3.8, 4) is 0 Å². The number of nitrogens with zero attached hydrogens (tertiary/aromatic N) is 3. The summed E-state index contributed by atoms with van der Waals surface area (Å²) in [6.45, 7) is 0.579. The van der Waals surface area contributed by atoms with Crippen LogP contribution in [0.3, 0.4) is 0 Å². The van der Waals surface area contributed by atoms with Crippen molar-refractivity contribution in [3.05, 3.63) is 52.2 Å². The summed E-state index contributed by atoms with van der Waals surface area (Å²) in [7, 11) is -3.52. The second kappa shape index (κ2) is 9.16. The van der Waals surface area contributed by atoms with E-state index in [0.29, 0.717) is 12.4 Å². The monoisotopic (exact) mass is 407 g/mol. The zero-order chi connectivity index (χ0) is 20.0. The number of fused-ring (bicyclic) bond motifs is 1. The second-order valence-corrected chi connectivity index (χ2v) is 8.72. The Kier molecular flexibility index (Phi) is 6.63. The molecule has 0 aliphatic carbocycles. The largest absolute Gasteiger partial charge is 0.353 e. The third-order valence-electron chi connectivity index (χ3n) is 4.61. The Morgan fingerprint density at radius 1 is 1.14 bits per heavy atom. The first-order valence-electron chi connectivity index (χ1n) is 9.39. The SMILES string of the molecule is O=C(Cn1nc2n(c1=O)CCCCC2)NCCS(=O)(=O)NCc1ccccc1. The number of hydrogen-bond donors (Lipinski definition) is 2. The van der Waals surface area contributed by atoms with E-state index < -0.39 is 15.9 Å². The molecule has 0 spiro atoms. The van der Waals surface area contributed by atoms with Crippen molar-refractivity contribution in [3.63, 3.8) is 0 Å². The first-order valence-corrected chi connectivity index (χ1v) is 11.0. The van der Waals surface area contributed by atoms with Gasteiger partial charge in [0.25, 0.3) is 0 Å². The maximum absolute atomic E-state index is 12.3. The predicted molar refractivity (Wildman–Crippen MR) is 104 cm³/mol. The van der Waals surface area contributed by atoms with Crippen LogP contribution in [0.4, 0.5) is 0 Å². The minimum absolute atomic E-state index is 0.0364. The van der Waals surface area contributed by atoms with Gasteiger partial charge in [-0.1, -0.05) is 36.8 Å². The third kappa shape index (κ3) is 5.52. The van der Waals surface area contributed by atoms with Crippen molar-refractivity contribution in [2.45, 2.75) is 45.3 Å². The molecular formula is C18H25N5O4S. The Bertz CT molecular complexity index is 966. The van der Waals surface area contributed by atoms with Gasteiger partial charge < -0.3 is 5.32 Å². The van der Waals surface area contributed by atoms with E-state index in [1.165, 1.54) is 0 Å². The fourth-order valence-corrected chi connectivity index (χ4v) is 4.01. The van der Waals surface area contributed by atoms with E-state index in [1.54, 1.807) is 4.57 Å². The van der Waals surface area contributed by atoms with Crippen molar-refractivity contribution >= 4 is 15.9 Å². The third-order valence-corrected chi connectivity index (χ3v) is 5.93. The van der Waals surface area contributed by atoms with E-state index in [0.717, 1.165) is 35.9 Å². The summed E-state index contributed by atoms with van der Waals surface area (Å²) in [5.74, 6) is 0.0387. The molecule has 1 aliphatic rings. The van der Waals surface area contributed by atoms with E-state index >= 15 is 0 Å². The van der Waals surface area contributed by atoms with Gasteiger partial charge in [-0.25, -0.2) is 22.6 Å². The summed E-state index contributed by atoms with van der Waals surface area (Å²) in [5.41, 5.74) is 0.568. The molecule has 152 valence electrons. The summed E-state index contributed by atoms with van der Waals surface area (Å²) in [4.78, 5) is 24.4. The molecule has 28 heavy (non-hydrogen) atoms. The molecule has 0 saturated carbocycles. The number of rotatable bonds is 8. The van der Waals surface area contributed by atoms with E-state index in [4.69, 9.17) is 0 Å². The quantitative estimate of drug-likeness (QED) is 0.640. The van der Waals surface area contributed by atoms with Crippen LogP contribution in [0.5, 0.6) is 0 Å². The smallest absolute Gasteiger partial charge is 0.346 e. The van der Waals surface area contributed by atoms with Gasteiger partial charge >= 0.3 is 5.69 Å². The van der Waals surface area contributed by atoms with Gasteiger partial charge in [-0.3, -0.25) is 9.36 Å². The van der Waals surface area contributed by atoms with Gasteiger partial charge in [-0.2, -0.15) is 5.10 Å². The number of amides is 1. The summed E-state index contributed by atoms with van der Waals surface area (Å²) >= 11 is 0. The predicted octanol–water partition coefficient (Wildman–Crippen LogP) is 0.00700. The lowest BCUT2D eigenvalue weighted by Crippen LogP contribution is -2.37. The molecule has 2 heterocycles. The van der Waals surface area contributed by atoms with Gasteiger partial charge in [0.05, 0.1) is 5.75 Å². The zero-order valence-electron chi connectivity index (χ0n) is 15.6. The zero-order valence-corrected chi connectivity index (χ0v) is 16.5. The number of aryl methyl sites for hydroxylation is 1. The Balaban J connectivity index is 1.46. The highest BCUT2D eigenvalue weighted by Gasteiger charge is 2.17. The van der Waals surface area contributed by atoms with Gasteiger partial charge in [0.2, 0.25) is 15.9 Å². The molecule has 0 bridgehead atoms. The molecular weight excluding hydrogens is 382 g/mol. The highest BCUT2D eigenvalue weighted by Crippen LogP contribution is 2.10. The molecule has 3 rings (SSSR count). The minimum Gasteiger partial charge on any atom is -0.353 e. The summed E-state index contributed by atoms with van der Waals surface area (Å²) in [6.07, 6.45) is 3.71. The standard InChI is InChI=1S/C18H25N5O4S/c24-17(14-23-18(25)22-11-6-2-5-9-16(22)21-23)19-10-12-28(26,27)20-13-15-7-3-1-4-8-15/h1,3-4,7-8,20H,2,5-6,9-14H2,(H,19,24). The van der Waals surface area contributed by atoms with E-state index in [1.807, 2.05) is 30.3 Å². The van der Waals surface area contributed by atoms with Crippen molar-refractivity contribution in [1.29, 1.82) is 0 Å². The Hall–Kier alpha value is -2.46. The summed E-state index contributed by atoms with van der Waals surface area (Å²) in [5, 5.41) is 6.78. The summed E-state index contributed by atoms with van der Waals surface area (Å²) < 4.78 is 29.3. The Morgan fingerprint density at radius 3 is 2.71 bits per heavy atom. The van der Waals surface area contributed by atoms with Crippen LogP contribution in [0.25, 0.3) is 0 Å². The number of hydrogen-bond acceptors (Lipinski definition) is 5. The highest BCUT2D eigenvalue weighted by atomic mass is 32.2. The van der Waals surface area contributed by atoms with E-state index in [-0.39, 0.29) is 31.1 Å². The van der Waals surface area contributed by atoms with Crippen LogP contribution in [0.15, 0.2) is 35.1 Å². The average Bonchev–Trinajstić information content (AvgIpc) is 2.84. The van der Waals surface area contributed by atoms with Crippen LogP contribution in [-0.4, -0.2) is 41.0 Å². The average molecular weight is 407 g/mol. The molecule has 10 heteroatoms. The van der Waals surface area contributed by atoms with Crippen LogP contribution < -0.4 is 15.7 Å². The second-order valence-electron chi connectivity index (χ2n) is 6.79. The van der Waals surface area contributed by atoms with E-state index in [2.05, 4.69) is 15.1 Å². The lowest BCUT2D eigenvalue weighted by atomic mass is 10.2. The number of carbonyl (C=O) groups excluding carboxylic acids is 1. The molecule has 1 aromatic carbocycles. The van der Waals surface area contributed by atoms with Crippen molar-refractivity contribution in [2.24, 2.45) is 0 Å². The van der Waals surface area contributed by atoms with Gasteiger partial charge in [0, 0.05) is 26.1 Å². The minimum atomic E-state index is -3.52. The molecule has 2 N–H and O–H groups in total. The molecule has 0 radical (unpaired) electrons. The number of aromatic nitrogens is 3. The highest BCUT2D eigenvalue weighted by molar-refractivity contribution is 7.89. The lowest BCUT2D eigenvalue weighted by molar-refractivity contribution is -0.121. The molecule has 0 saturated heterocycles. The molecule has 2 aromatic rings. The normalized spacial score (nSPS) is 14.3.